The SMILES string of the molecule is S=C(Nc1ccc(Cl)cc1Cl)c1ccccn1. The lowest BCUT2D eigenvalue weighted by Gasteiger charge is -2.09. The molecule has 17 heavy (non-hydrogen) atoms. The van der Waals surface area contributed by atoms with E-state index in [9.17, 15) is 0 Å². The van der Waals surface area contributed by atoms with Gasteiger partial charge in [0, 0.05) is 11.2 Å². The summed E-state index contributed by atoms with van der Waals surface area (Å²) in [6.45, 7) is 0. The van der Waals surface area contributed by atoms with Crippen molar-refractivity contribution in [2.75, 3.05) is 5.32 Å². The minimum absolute atomic E-state index is 0.523. The van der Waals surface area contributed by atoms with Gasteiger partial charge in [0.1, 0.15) is 4.99 Å². The number of rotatable bonds is 2. The van der Waals surface area contributed by atoms with Crippen molar-refractivity contribution in [3.05, 3.63) is 58.3 Å². The van der Waals surface area contributed by atoms with E-state index in [1.807, 2.05) is 18.2 Å². The second-order valence-corrected chi connectivity index (χ2v) is 4.55. The third kappa shape index (κ3) is 3.16. The highest BCUT2D eigenvalue weighted by molar-refractivity contribution is 7.81. The van der Waals surface area contributed by atoms with Gasteiger partial charge >= 0.3 is 0 Å². The molecule has 1 heterocycles. The first-order valence-corrected chi connectivity index (χ1v) is 6.00. The molecule has 2 rings (SSSR count). The Balaban J connectivity index is 2.19. The molecule has 1 aromatic carbocycles. The van der Waals surface area contributed by atoms with Crippen LogP contribution in [0, 0.1) is 0 Å². The Morgan fingerprint density at radius 3 is 2.65 bits per heavy atom. The minimum atomic E-state index is 0.523. The number of benzene rings is 1. The molecule has 0 radical (unpaired) electrons. The molecule has 5 heteroatoms. The Morgan fingerprint density at radius 2 is 2.00 bits per heavy atom. The molecule has 0 unspecified atom stereocenters. The molecule has 0 saturated heterocycles. The second kappa shape index (κ2) is 5.45. The molecule has 1 aromatic heterocycles. The van der Waals surface area contributed by atoms with E-state index >= 15 is 0 Å². The first kappa shape index (κ1) is 12.3. The van der Waals surface area contributed by atoms with E-state index in [-0.39, 0.29) is 0 Å². The molecule has 2 aromatic rings. The number of pyridine rings is 1. The molecule has 0 aliphatic carbocycles. The average Bonchev–Trinajstić information content (AvgIpc) is 2.34. The molecule has 0 spiro atoms. The van der Waals surface area contributed by atoms with Crippen molar-refractivity contribution in [3.8, 4) is 0 Å². The first-order chi connectivity index (χ1) is 8.16. The number of nitrogens with zero attached hydrogens (tertiary/aromatic N) is 1. The quantitative estimate of drug-likeness (QED) is 0.837. The van der Waals surface area contributed by atoms with Gasteiger partial charge in [-0.1, -0.05) is 41.5 Å². The Hall–Kier alpha value is -1.16. The molecular formula is C12H8Cl2N2S. The van der Waals surface area contributed by atoms with Gasteiger partial charge in [-0.3, -0.25) is 4.98 Å². The molecule has 0 saturated carbocycles. The maximum Gasteiger partial charge on any atom is 0.129 e. The molecular weight excluding hydrogens is 275 g/mol. The summed E-state index contributed by atoms with van der Waals surface area (Å²) >= 11 is 17.1. The van der Waals surface area contributed by atoms with Crippen LogP contribution in [0.25, 0.3) is 0 Å². The third-order valence-corrected chi connectivity index (χ3v) is 2.94. The summed E-state index contributed by atoms with van der Waals surface area (Å²) in [5.41, 5.74) is 1.42. The monoisotopic (exact) mass is 282 g/mol. The highest BCUT2D eigenvalue weighted by Gasteiger charge is 2.05. The standard InChI is InChI=1S/C12H8Cl2N2S/c13-8-4-5-10(9(14)7-8)16-12(17)11-3-1-2-6-15-11/h1-7H,(H,16,17). The maximum atomic E-state index is 6.03. The summed E-state index contributed by atoms with van der Waals surface area (Å²) in [6, 6.07) is 10.7. The van der Waals surface area contributed by atoms with Gasteiger partial charge < -0.3 is 5.32 Å². The number of halogens is 2. The number of hydrogen-bond acceptors (Lipinski definition) is 2. The summed E-state index contributed by atoms with van der Waals surface area (Å²) in [6.07, 6.45) is 1.69. The van der Waals surface area contributed by atoms with E-state index in [1.54, 1.807) is 24.4 Å². The van der Waals surface area contributed by atoms with Crippen molar-refractivity contribution in [3.63, 3.8) is 0 Å². The molecule has 0 amide bonds. The summed E-state index contributed by atoms with van der Waals surface area (Å²) in [5.74, 6) is 0. The minimum Gasteiger partial charge on any atom is -0.344 e. The van der Waals surface area contributed by atoms with Crippen LogP contribution in [0.2, 0.25) is 10.0 Å². The molecule has 0 atom stereocenters. The van der Waals surface area contributed by atoms with Crippen LogP contribution in [0.15, 0.2) is 42.6 Å². The Kier molecular flexibility index (Phi) is 3.94. The normalized spacial score (nSPS) is 10.0. The highest BCUT2D eigenvalue weighted by Crippen LogP contribution is 2.25. The van der Waals surface area contributed by atoms with Crippen LogP contribution in [-0.2, 0) is 0 Å². The fourth-order valence-electron chi connectivity index (χ4n) is 1.27. The van der Waals surface area contributed by atoms with E-state index in [1.165, 1.54) is 0 Å². The van der Waals surface area contributed by atoms with Gasteiger partial charge in [-0.15, -0.1) is 0 Å². The van der Waals surface area contributed by atoms with Crippen LogP contribution in [0.5, 0.6) is 0 Å². The molecule has 0 aliphatic rings. The molecule has 2 nitrogen and oxygen atoms in total. The zero-order chi connectivity index (χ0) is 12.3. The van der Waals surface area contributed by atoms with Crippen LogP contribution in [-0.4, -0.2) is 9.97 Å². The average molecular weight is 283 g/mol. The van der Waals surface area contributed by atoms with Gasteiger partial charge in [0.25, 0.3) is 0 Å². The lowest BCUT2D eigenvalue weighted by Crippen LogP contribution is -2.12. The van der Waals surface area contributed by atoms with Crippen molar-refractivity contribution in [2.24, 2.45) is 0 Å². The number of thiocarbonyl (C=S) groups is 1. The summed E-state index contributed by atoms with van der Waals surface area (Å²) in [4.78, 5) is 4.67. The Morgan fingerprint density at radius 1 is 1.18 bits per heavy atom. The van der Waals surface area contributed by atoms with Gasteiger partial charge in [-0.25, -0.2) is 0 Å². The topological polar surface area (TPSA) is 24.9 Å². The fourth-order valence-corrected chi connectivity index (χ4v) is 1.96. The molecule has 0 bridgehead atoms. The van der Waals surface area contributed by atoms with Gasteiger partial charge in [0.05, 0.1) is 16.4 Å². The largest absolute Gasteiger partial charge is 0.344 e. The van der Waals surface area contributed by atoms with Gasteiger partial charge in [0.15, 0.2) is 0 Å². The third-order valence-electron chi connectivity index (χ3n) is 2.08. The molecule has 86 valence electrons. The van der Waals surface area contributed by atoms with E-state index in [0.29, 0.717) is 26.4 Å². The summed E-state index contributed by atoms with van der Waals surface area (Å²) in [7, 11) is 0. The van der Waals surface area contributed by atoms with E-state index in [2.05, 4.69) is 10.3 Å². The fraction of sp³-hybridized carbons (Fsp3) is 0. The van der Waals surface area contributed by atoms with Gasteiger partial charge in [0.2, 0.25) is 0 Å². The maximum absolute atomic E-state index is 6.03. The van der Waals surface area contributed by atoms with Crippen molar-refractivity contribution in [1.82, 2.24) is 4.98 Å². The van der Waals surface area contributed by atoms with Crippen molar-refractivity contribution >= 4 is 46.1 Å². The number of hydrogen-bond donors (Lipinski definition) is 1. The number of anilines is 1. The Labute approximate surface area is 115 Å². The van der Waals surface area contributed by atoms with Gasteiger partial charge in [-0.2, -0.15) is 0 Å². The van der Waals surface area contributed by atoms with Crippen molar-refractivity contribution < 1.29 is 0 Å². The smallest absolute Gasteiger partial charge is 0.129 e. The molecule has 0 aliphatic heterocycles. The number of aromatic nitrogens is 1. The molecule has 0 fully saturated rings. The predicted molar refractivity (Wildman–Crippen MR) is 76.0 cm³/mol. The van der Waals surface area contributed by atoms with Crippen LogP contribution in [0.1, 0.15) is 5.69 Å². The van der Waals surface area contributed by atoms with Gasteiger partial charge in [-0.05, 0) is 30.3 Å². The van der Waals surface area contributed by atoms with E-state index < -0.39 is 0 Å². The van der Waals surface area contributed by atoms with Crippen LogP contribution >= 0.6 is 35.4 Å². The van der Waals surface area contributed by atoms with Crippen molar-refractivity contribution in [2.45, 2.75) is 0 Å². The van der Waals surface area contributed by atoms with Crippen LogP contribution in [0.3, 0.4) is 0 Å². The van der Waals surface area contributed by atoms with E-state index in [0.717, 1.165) is 0 Å². The zero-order valence-electron chi connectivity index (χ0n) is 8.65. The lowest BCUT2D eigenvalue weighted by atomic mass is 10.3. The van der Waals surface area contributed by atoms with Crippen molar-refractivity contribution in [1.29, 1.82) is 0 Å². The summed E-state index contributed by atoms with van der Waals surface area (Å²) in [5, 5.41) is 4.14. The van der Waals surface area contributed by atoms with E-state index in [4.69, 9.17) is 35.4 Å². The lowest BCUT2D eigenvalue weighted by molar-refractivity contribution is 1.30. The highest BCUT2D eigenvalue weighted by atomic mass is 35.5. The zero-order valence-corrected chi connectivity index (χ0v) is 11.0. The molecule has 1 N–H and O–H groups in total. The predicted octanol–water partition coefficient (Wildman–Crippen LogP) is 4.18. The van der Waals surface area contributed by atoms with Crippen LogP contribution in [0.4, 0.5) is 5.69 Å². The number of nitrogens with one attached hydrogen (secondary N) is 1. The first-order valence-electron chi connectivity index (χ1n) is 4.84. The second-order valence-electron chi connectivity index (χ2n) is 3.29. The summed E-state index contributed by atoms with van der Waals surface area (Å²) < 4.78 is 0. The van der Waals surface area contributed by atoms with Crippen LogP contribution < -0.4 is 5.32 Å². The Bertz CT molecular complexity index is 543.